The summed E-state index contributed by atoms with van der Waals surface area (Å²) in [4.78, 5) is 19.3. The van der Waals surface area contributed by atoms with Crippen LogP contribution in [-0.2, 0) is 24.3 Å². The lowest BCUT2D eigenvalue weighted by atomic mass is 10.1. The summed E-state index contributed by atoms with van der Waals surface area (Å²) in [7, 11) is 2.12. The van der Waals surface area contributed by atoms with Crippen molar-refractivity contribution in [2.45, 2.75) is 57.7 Å². The third-order valence-corrected chi connectivity index (χ3v) is 6.17. The summed E-state index contributed by atoms with van der Waals surface area (Å²) in [5.41, 5.74) is 2.42. The third kappa shape index (κ3) is 3.90. The van der Waals surface area contributed by atoms with Crippen LogP contribution in [0.5, 0.6) is 0 Å². The zero-order valence-corrected chi connectivity index (χ0v) is 15.5. The van der Waals surface area contributed by atoms with Crippen LogP contribution in [0.4, 0.5) is 0 Å². The maximum absolute atomic E-state index is 12.4. The molecule has 0 unspecified atom stereocenters. The second-order valence-corrected chi connectivity index (χ2v) is 7.94. The van der Waals surface area contributed by atoms with Crippen LogP contribution in [0.2, 0.25) is 0 Å². The highest BCUT2D eigenvalue weighted by Crippen LogP contribution is 2.27. The molecule has 3 aliphatic rings. The van der Waals surface area contributed by atoms with Gasteiger partial charge in [0.25, 0.3) is 0 Å². The number of nitrogens with zero attached hydrogens (tertiary/aromatic N) is 5. The van der Waals surface area contributed by atoms with Gasteiger partial charge in [-0.25, -0.2) is 0 Å². The first-order valence-corrected chi connectivity index (χ1v) is 9.95. The van der Waals surface area contributed by atoms with Crippen LogP contribution in [0, 0.1) is 0 Å². The summed E-state index contributed by atoms with van der Waals surface area (Å²) in [6, 6.07) is 3.02. The second kappa shape index (κ2) is 7.46. The van der Waals surface area contributed by atoms with Crippen LogP contribution in [-0.4, -0.2) is 76.2 Å². The lowest BCUT2D eigenvalue weighted by Crippen LogP contribution is -2.47. The van der Waals surface area contributed by atoms with Crippen molar-refractivity contribution < 1.29 is 4.79 Å². The minimum absolute atomic E-state index is 0.284. The van der Waals surface area contributed by atoms with Gasteiger partial charge in [-0.15, -0.1) is 0 Å². The number of rotatable bonds is 4. The van der Waals surface area contributed by atoms with Gasteiger partial charge in [0.05, 0.1) is 17.9 Å². The zero-order valence-electron chi connectivity index (χ0n) is 15.5. The van der Waals surface area contributed by atoms with Crippen LogP contribution in [0.15, 0.2) is 6.07 Å². The van der Waals surface area contributed by atoms with Crippen LogP contribution in [0.25, 0.3) is 0 Å². The smallest absolute Gasteiger partial charge is 0.223 e. The highest BCUT2D eigenvalue weighted by Gasteiger charge is 2.27. The van der Waals surface area contributed by atoms with Gasteiger partial charge in [-0.2, -0.15) is 5.10 Å². The van der Waals surface area contributed by atoms with Crippen LogP contribution in [0.1, 0.15) is 43.5 Å². The van der Waals surface area contributed by atoms with E-state index in [0.717, 1.165) is 64.0 Å². The van der Waals surface area contributed by atoms with Crippen molar-refractivity contribution in [2.75, 3.05) is 39.8 Å². The lowest BCUT2D eigenvalue weighted by molar-refractivity contribution is -0.132. The Bertz CT molecular complexity index is 599. The van der Waals surface area contributed by atoms with Gasteiger partial charge in [-0.1, -0.05) is 12.8 Å². The number of likely N-dealkylation sites (N-methyl/N-ethyl adjacent to an activating group) is 1. The molecular weight excluding hydrogens is 314 g/mol. The molecule has 1 aromatic heterocycles. The van der Waals surface area contributed by atoms with Crippen LogP contribution >= 0.6 is 0 Å². The number of carbonyl (C=O) groups is 1. The first-order valence-electron chi connectivity index (χ1n) is 9.95. The Balaban J connectivity index is 1.30. The number of fused-ring (bicyclic) bond motifs is 1. The van der Waals surface area contributed by atoms with E-state index in [4.69, 9.17) is 5.10 Å². The average Bonchev–Trinajstić information content (AvgIpc) is 3.29. The molecule has 1 aliphatic carbocycles. The second-order valence-electron chi connectivity index (χ2n) is 7.94. The number of aromatic nitrogens is 2. The SMILES string of the molecule is CN1CCN(C(=O)CCc2cc3n(n2)CCN(C2CCCC2)C3)CC1. The third-order valence-electron chi connectivity index (χ3n) is 6.17. The van der Waals surface area contributed by atoms with Crippen molar-refractivity contribution in [2.24, 2.45) is 0 Å². The minimum atomic E-state index is 0.284. The van der Waals surface area contributed by atoms with Gasteiger partial charge >= 0.3 is 0 Å². The Labute approximate surface area is 150 Å². The van der Waals surface area contributed by atoms with E-state index >= 15 is 0 Å². The van der Waals surface area contributed by atoms with Gasteiger partial charge in [0.1, 0.15) is 0 Å². The molecule has 6 heteroatoms. The Morgan fingerprint density at radius 2 is 1.88 bits per heavy atom. The van der Waals surface area contributed by atoms with Crippen LogP contribution < -0.4 is 0 Å². The molecule has 0 bridgehead atoms. The van der Waals surface area contributed by atoms with Gasteiger partial charge in [0.15, 0.2) is 0 Å². The van der Waals surface area contributed by atoms with E-state index in [0.29, 0.717) is 6.42 Å². The molecule has 0 radical (unpaired) electrons. The van der Waals surface area contributed by atoms with Crippen molar-refractivity contribution in [3.05, 3.63) is 17.5 Å². The molecule has 0 atom stereocenters. The van der Waals surface area contributed by atoms with Gasteiger partial charge in [-0.05, 0) is 26.0 Å². The topological polar surface area (TPSA) is 44.6 Å². The maximum Gasteiger partial charge on any atom is 0.223 e. The standard InChI is InChI=1S/C19H31N5O/c1-21-8-10-22(11-9-21)19(25)7-6-16-14-18-15-23(12-13-24(18)20-16)17-4-2-3-5-17/h14,17H,2-13,15H2,1H3. The molecule has 4 rings (SSSR count). The van der Waals surface area contributed by atoms with Crippen molar-refractivity contribution in [1.82, 2.24) is 24.5 Å². The van der Waals surface area contributed by atoms with E-state index in [2.05, 4.69) is 27.6 Å². The fourth-order valence-electron chi connectivity index (χ4n) is 4.50. The Morgan fingerprint density at radius 1 is 1.12 bits per heavy atom. The molecule has 138 valence electrons. The Morgan fingerprint density at radius 3 is 2.64 bits per heavy atom. The van der Waals surface area contributed by atoms with Gasteiger partial charge in [0, 0.05) is 58.2 Å². The number of piperazine rings is 1. The molecule has 3 heterocycles. The predicted molar refractivity (Wildman–Crippen MR) is 97.3 cm³/mol. The number of amides is 1. The molecule has 1 amide bonds. The maximum atomic E-state index is 12.4. The van der Waals surface area contributed by atoms with Gasteiger partial charge in [0.2, 0.25) is 5.91 Å². The van der Waals surface area contributed by atoms with Gasteiger partial charge < -0.3 is 9.80 Å². The molecule has 2 fully saturated rings. The van der Waals surface area contributed by atoms with Crippen molar-refractivity contribution >= 4 is 5.91 Å². The van der Waals surface area contributed by atoms with E-state index in [1.54, 1.807) is 0 Å². The van der Waals surface area contributed by atoms with Gasteiger partial charge in [-0.3, -0.25) is 14.4 Å². The molecule has 0 N–H and O–H groups in total. The fourth-order valence-corrected chi connectivity index (χ4v) is 4.50. The first-order chi connectivity index (χ1) is 12.2. The molecule has 1 aromatic rings. The summed E-state index contributed by atoms with van der Waals surface area (Å²) in [5.74, 6) is 0.284. The number of hydrogen-bond acceptors (Lipinski definition) is 4. The first kappa shape index (κ1) is 17.0. The Kier molecular flexibility index (Phi) is 5.08. The summed E-state index contributed by atoms with van der Waals surface area (Å²) in [6.45, 7) is 6.86. The van der Waals surface area contributed by atoms with E-state index < -0.39 is 0 Å². The number of carbonyl (C=O) groups excluding carboxylic acids is 1. The zero-order chi connectivity index (χ0) is 17.2. The largest absolute Gasteiger partial charge is 0.340 e. The average molecular weight is 345 g/mol. The predicted octanol–water partition coefficient (Wildman–Crippen LogP) is 1.35. The monoisotopic (exact) mass is 345 g/mol. The number of hydrogen-bond donors (Lipinski definition) is 0. The number of aryl methyl sites for hydroxylation is 1. The molecule has 2 aliphatic heterocycles. The van der Waals surface area contributed by atoms with Crippen LogP contribution in [0.3, 0.4) is 0 Å². The molecule has 25 heavy (non-hydrogen) atoms. The molecule has 1 saturated carbocycles. The molecular formula is C19H31N5O. The van der Waals surface area contributed by atoms with E-state index in [9.17, 15) is 4.79 Å². The minimum Gasteiger partial charge on any atom is -0.340 e. The fraction of sp³-hybridized carbons (Fsp3) is 0.789. The summed E-state index contributed by atoms with van der Waals surface area (Å²) in [6.07, 6.45) is 6.86. The van der Waals surface area contributed by atoms with Crippen molar-refractivity contribution in [3.63, 3.8) is 0 Å². The van der Waals surface area contributed by atoms with Crippen molar-refractivity contribution in [3.8, 4) is 0 Å². The van der Waals surface area contributed by atoms with E-state index in [1.807, 2.05) is 4.90 Å². The quantitative estimate of drug-likeness (QED) is 0.826. The lowest BCUT2D eigenvalue weighted by Gasteiger charge is -2.32. The van der Waals surface area contributed by atoms with E-state index in [-0.39, 0.29) is 5.91 Å². The highest BCUT2D eigenvalue weighted by atomic mass is 16.2. The molecule has 0 aromatic carbocycles. The summed E-state index contributed by atoms with van der Waals surface area (Å²) in [5, 5.41) is 4.75. The molecule has 1 saturated heterocycles. The normalized spacial score (nSPS) is 23.2. The summed E-state index contributed by atoms with van der Waals surface area (Å²) < 4.78 is 2.17. The van der Waals surface area contributed by atoms with E-state index in [1.165, 1.54) is 31.4 Å². The molecule has 0 spiro atoms. The van der Waals surface area contributed by atoms with Crippen molar-refractivity contribution in [1.29, 1.82) is 0 Å². The highest BCUT2D eigenvalue weighted by molar-refractivity contribution is 5.76. The molecule has 6 nitrogen and oxygen atoms in total. The Hall–Kier alpha value is -1.40. The summed E-state index contributed by atoms with van der Waals surface area (Å²) >= 11 is 0.